The van der Waals surface area contributed by atoms with Gasteiger partial charge in [-0.3, -0.25) is 9.69 Å². The fourth-order valence-electron chi connectivity index (χ4n) is 3.42. The summed E-state index contributed by atoms with van der Waals surface area (Å²) < 4.78 is 7.80. The summed E-state index contributed by atoms with van der Waals surface area (Å²) >= 11 is 6.70. The average Bonchev–Trinajstić information content (AvgIpc) is 3.24. The van der Waals surface area contributed by atoms with Crippen LogP contribution in [0.5, 0.6) is 0 Å². The lowest BCUT2D eigenvalue weighted by atomic mass is 10.1. The van der Waals surface area contributed by atoms with Crippen LogP contribution in [0, 0.1) is 11.3 Å². The van der Waals surface area contributed by atoms with Gasteiger partial charge in [-0.05, 0) is 29.8 Å². The van der Waals surface area contributed by atoms with Crippen molar-refractivity contribution >= 4 is 51.2 Å². The Morgan fingerprint density at radius 1 is 1.20 bits per heavy atom. The Bertz CT molecular complexity index is 1190. The number of thioether (sulfide) groups is 1. The number of nitriles is 1. The van der Waals surface area contributed by atoms with Gasteiger partial charge in [0.25, 0.3) is 5.91 Å². The zero-order valence-electron chi connectivity index (χ0n) is 16.4. The summed E-state index contributed by atoms with van der Waals surface area (Å²) in [7, 11) is 1.61. The zero-order valence-corrected chi connectivity index (χ0v) is 18.0. The molecule has 150 valence electrons. The van der Waals surface area contributed by atoms with Gasteiger partial charge in [0.2, 0.25) is 0 Å². The Morgan fingerprint density at radius 2 is 1.97 bits per heavy atom. The molecule has 1 saturated heterocycles. The highest BCUT2D eigenvalue weighted by molar-refractivity contribution is 8.26. The summed E-state index contributed by atoms with van der Waals surface area (Å²) in [6, 6.07) is 17.9. The van der Waals surface area contributed by atoms with Crippen molar-refractivity contribution in [3.63, 3.8) is 0 Å². The first-order valence-electron chi connectivity index (χ1n) is 9.42. The molecule has 1 aliphatic heterocycles. The van der Waals surface area contributed by atoms with Crippen LogP contribution in [0.25, 0.3) is 17.0 Å². The molecule has 1 aliphatic rings. The minimum absolute atomic E-state index is 0.0778. The number of aromatic nitrogens is 1. The number of fused-ring (bicyclic) bond motifs is 1. The molecular formula is C23H19N3O2S2. The number of rotatable bonds is 6. The van der Waals surface area contributed by atoms with Gasteiger partial charge in [0.1, 0.15) is 4.32 Å². The minimum atomic E-state index is -0.0778. The molecule has 0 spiro atoms. The third-order valence-electron chi connectivity index (χ3n) is 4.93. The van der Waals surface area contributed by atoms with E-state index in [1.807, 2.05) is 42.5 Å². The van der Waals surface area contributed by atoms with Crippen molar-refractivity contribution in [2.45, 2.75) is 6.54 Å². The minimum Gasteiger partial charge on any atom is -0.383 e. The molecule has 3 aromatic rings. The first kappa shape index (κ1) is 20.4. The first-order chi connectivity index (χ1) is 14.6. The number of carbonyl (C=O) groups excluding carboxylic acids is 1. The molecule has 2 heterocycles. The molecule has 0 saturated carbocycles. The van der Waals surface area contributed by atoms with E-state index in [1.165, 1.54) is 11.8 Å². The van der Waals surface area contributed by atoms with Crippen molar-refractivity contribution < 1.29 is 9.53 Å². The number of amides is 1. The van der Waals surface area contributed by atoms with Crippen molar-refractivity contribution in [3.05, 3.63) is 76.3 Å². The average molecular weight is 434 g/mol. The number of hydrogen-bond donors (Lipinski definition) is 0. The molecule has 1 aromatic heterocycles. The normalized spacial score (nSPS) is 15.3. The fourth-order valence-corrected chi connectivity index (χ4v) is 4.72. The van der Waals surface area contributed by atoms with Crippen molar-refractivity contribution in [2.24, 2.45) is 0 Å². The molecule has 0 bridgehead atoms. The molecule has 1 amide bonds. The van der Waals surface area contributed by atoms with E-state index in [2.05, 4.69) is 29.0 Å². The van der Waals surface area contributed by atoms with E-state index in [0.717, 1.165) is 22.0 Å². The van der Waals surface area contributed by atoms with Gasteiger partial charge in [-0.2, -0.15) is 5.26 Å². The number of hydrogen-bond acceptors (Lipinski definition) is 5. The Hall–Kier alpha value is -2.92. The predicted octanol–water partition coefficient (Wildman–Crippen LogP) is 4.41. The quantitative estimate of drug-likeness (QED) is 0.426. The SMILES string of the molecule is COCCN1C(=O)/C(=C/c2cn(Cc3ccc(C#N)cc3)c3ccccc23)SC1=S. The van der Waals surface area contributed by atoms with Crippen LogP contribution in [0.3, 0.4) is 0 Å². The second-order valence-electron chi connectivity index (χ2n) is 6.86. The maximum Gasteiger partial charge on any atom is 0.266 e. The van der Waals surface area contributed by atoms with Crippen molar-refractivity contribution in [3.8, 4) is 6.07 Å². The Labute approximate surface area is 184 Å². The zero-order chi connectivity index (χ0) is 21.1. The highest BCUT2D eigenvalue weighted by Crippen LogP contribution is 2.34. The van der Waals surface area contributed by atoms with Crippen LogP contribution in [0.2, 0.25) is 0 Å². The summed E-state index contributed by atoms with van der Waals surface area (Å²) in [5.74, 6) is -0.0778. The highest BCUT2D eigenvalue weighted by Gasteiger charge is 2.31. The Balaban J connectivity index is 1.67. The maximum absolute atomic E-state index is 12.8. The van der Waals surface area contributed by atoms with Crippen LogP contribution in [0.1, 0.15) is 16.7 Å². The molecule has 0 atom stereocenters. The molecule has 0 aliphatic carbocycles. The van der Waals surface area contributed by atoms with E-state index in [-0.39, 0.29) is 5.91 Å². The van der Waals surface area contributed by atoms with E-state index >= 15 is 0 Å². The number of nitrogens with zero attached hydrogens (tertiary/aromatic N) is 3. The number of para-hydroxylation sites is 1. The van der Waals surface area contributed by atoms with Gasteiger partial charge >= 0.3 is 0 Å². The maximum atomic E-state index is 12.8. The van der Waals surface area contributed by atoms with E-state index < -0.39 is 0 Å². The number of benzene rings is 2. The first-order valence-corrected chi connectivity index (χ1v) is 10.6. The van der Waals surface area contributed by atoms with Crippen molar-refractivity contribution in [1.29, 1.82) is 5.26 Å². The molecule has 0 radical (unpaired) electrons. The lowest BCUT2D eigenvalue weighted by Crippen LogP contribution is -2.31. The van der Waals surface area contributed by atoms with Crippen LogP contribution in [0.4, 0.5) is 0 Å². The molecule has 4 rings (SSSR count). The van der Waals surface area contributed by atoms with Crippen LogP contribution < -0.4 is 0 Å². The molecule has 7 heteroatoms. The van der Waals surface area contributed by atoms with Gasteiger partial charge in [0.15, 0.2) is 0 Å². The topological polar surface area (TPSA) is 58.3 Å². The third-order valence-corrected chi connectivity index (χ3v) is 6.31. The van der Waals surface area contributed by atoms with Gasteiger partial charge in [0.05, 0.1) is 29.7 Å². The molecule has 2 aromatic carbocycles. The van der Waals surface area contributed by atoms with Crippen LogP contribution in [-0.2, 0) is 16.1 Å². The molecule has 30 heavy (non-hydrogen) atoms. The smallest absolute Gasteiger partial charge is 0.266 e. The van der Waals surface area contributed by atoms with Gasteiger partial charge in [0, 0.05) is 36.3 Å². The van der Waals surface area contributed by atoms with Crippen LogP contribution in [0.15, 0.2) is 59.6 Å². The molecule has 0 unspecified atom stereocenters. The lowest BCUT2D eigenvalue weighted by molar-refractivity contribution is -0.122. The second-order valence-corrected chi connectivity index (χ2v) is 8.54. The van der Waals surface area contributed by atoms with Gasteiger partial charge in [-0.25, -0.2) is 0 Å². The van der Waals surface area contributed by atoms with Gasteiger partial charge < -0.3 is 9.30 Å². The lowest BCUT2D eigenvalue weighted by Gasteiger charge is -2.12. The van der Waals surface area contributed by atoms with E-state index in [1.54, 1.807) is 12.0 Å². The van der Waals surface area contributed by atoms with E-state index in [9.17, 15) is 4.79 Å². The summed E-state index contributed by atoms with van der Waals surface area (Å²) in [6.07, 6.45) is 3.98. The fraction of sp³-hybridized carbons (Fsp3) is 0.174. The number of ether oxygens (including phenoxy) is 1. The highest BCUT2D eigenvalue weighted by atomic mass is 32.2. The van der Waals surface area contributed by atoms with Gasteiger partial charge in [-0.15, -0.1) is 0 Å². The Kier molecular flexibility index (Phi) is 6.00. The van der Waals surface area contributed by atoms with Crippen molar-refractivity contribution in [2.75, 3.05) is 20.3 Å². The largest absolute Gasteiger partial charge is 0.383 e. The summed E-state index contributed by atoms with van der Waals surface area (Å²) in [5, 5.41) is 10.1. The second kappa shape index (κ2) is 8.84. The van der Waals surface area contributed by atoms with Crippen LogP contribution in [-0.4, -0.2) is 40.0 Å². The predicted molar refractivity (Wildman–Crippen MR) is 124 cm³/mol. The number of carbonyl (C=O) groups is 1. The molecule has 1 fully saturated rings. The number of methoxy groups -OCH3 is 1. The third kappa shape index (κ3) is 4.03. The monoisotopic (exact) mass is 433 g/mol. The Morgan fingerprint density at radius 3 is 2.70 bits per heavy atom. The van der Waals surface area contributed by atoms with Crippen molar-refractivity contribution in [1.82, 2.24) is 9.47 Å². The van der Waals surface area contributed by atoms with E-state index in [0.29, 0.717) is 34.5 Å². The number of thiocarbonyl (C=S) groups is 1. The summed E-state index contributed by atoms with van der Waals surface area (Å²) in [4.78, 5) is 15.0. The van der Waals surface area contributed by atoms with Gasteiger partial charge in [-0.1, -0.05) is 54.3 Å². The molecule has 5 nitrogen and oxygen atoms in total. The summed E-state index contributed by atoms with van der Waals surface area (Å²) in [5.41, 5.74) is 3.81. The molecular weight excluding hydrogens is 414 g/mol. The molecule has 0 N–H and O–H groups in total. The summed E-state index contributed by atoms with van der Waals surface area (Å²) in [6.45, 7) is 1.58. The standard InChI is InChI=1S/C23H19N3O2S2/c1-28-11-10-26-22(27)21(30-23(26)29)12-18-15-25(20-5-3-2-4-19(18)20)14-17-8-6-16(13-24)7-9-17/h2-9,12,15H,10-11,14H2,1H3/b21-12-. The van der Waals surface area contributed by atoms with E-state index in [4.69, 9.17) is 22.2 Å². The van der Waals surface area contributed by atoms with Crippen LogP contribution >= 0.6 is 24.0 Å².